The molecule has 0 saturated carbocycles. The summed E-state index contributed by atoms with van der Waals surface area (Å²) in [6.45, 7) is 3.25. The zero-order chi connectivity index (χ0) is 19.0. The molecule has 0 spiro atoms. The van der Waals surface area contributed by atoms with Crippen molar-refractivity contribution >= 4 is 22.6 Å². The van der Waals surface area contributed by atoms with Crippen molar-refractivity contribution in [1.29, 1.82) is 0 Å². The van der Waals surface area contributed by atoms with Gasteiger partial charge in [0.2, 0.25) is 0 Å². The Balaban J connectivity index is 1.73. The van der Waals surface area contributed by atoms with Gasteiger partial charge >= 0.3 is 0 Å². The predicted octanol–water partition coefficient (Wildman–Crippen LogP) is 2.34. The van der Waals surface area contributed by atoms with E-state index < -0.39 is 5.91 Å². The van der Waals surface area contributed by atoms with Crippen LogP contribution in [0.4, 0.5) is 10.2 Å². The van der Waals surface area contributed by atoms with Crippen molar-refractivity contribution < 1.29 is 9.18 Å². The van der Waals surface area contributed by atoms with Crippen molar-refractivity contribution in [3.63, 3.8) is 0 Å². The molecule has 138 valence electrons. The molecule has 1 aliphatic rings. The van der Waals surface area contributed by atoms with Crippen LogP contribution in [0.1, 0.15) is 27.7 Å². The Labute approximate surface area is 156 Å². The number of nitrogens with two attached hydrogens (primary N) is 1. The Kier molecular flexibility index (Phi) is 4.45. The Hall–Kier alpha value is -3.06. The lowest BCUT2D eigenvalue weighted by Gasteiger charge is -2.22. The number of nitrogens with one attached hydrogen (secondary N) is 2. The first kappa shape index (κ1) is 17.4. The third kappa shape index (κ3) is 3.33. The molecule has 2 aromatic carbocycles. The lowest BCUT2D eigenvalue weighted by Crippen LogP contribution is -2.28. The van der Waals surface area contributed by atoms with Crippen LogP contribution in [0.25, 0.3) is 10.9 Å². The highest BCUT2D eigenvalue weighted by atomic mass is 19.1. The molecule has 0 bridgehead atoms. The van der Waals surface area contributed by atoms with Gasteiger partial charge in [-0.1, -0.05) is 18.2 Å². The van der Waals surface area contributed by atoms with Gasteiger partial charge in [-0.2, -0.15) is 0 Å². The summed E-state index contributed by atoms with van der Waals surface area (Å²) < 4.78 is 13.7. The molecule has 1 aromatic heterocycles. The minimum absolute atomic E-state index is 0.0292. The zero-order valence-corrected chi connectivity index (χ0v) is 14.9. The quantitative estimate of drug-likeness (QED) is 0.660. The number of fused-ring (bicyclic) bond motifs is 1. The maximum absolute atomic E-state index is 13.7. The molecule has 27 heavy (non-hydrogen) atoms. The number of amides is 1. The molecule has 0 unspecified atom stereocenters. The van der Waals surface area contributed by atoms with Gasteiger partial charge < -0.3 is 16.4 Å². The molecular formula is C20H20FN5O. The van der Waals surface area contributed by atoms with Gasteiger partial charge in [0.1, 0.15) is 17.5 Å². The van der Waals surface area contributed by atoms with Crippen LogP contribution in [-0.4, -0.2) is 35.0 Å². The first-order valence-corrected chi connectivity index (χ1v) is 8.83. The standard InChI is InChI=1S/C20H20FN5O/c1-11-24-18-14(19(22)27)6-3-7-15(18)20(25-11)26-17-10-23-9-16(17)12-4-2-5-13(21)8-12/h2-8,16-17,23H,9-10H2,1H3,(H2,22,27)(H,24,25,26)/t16-,17+/m1/s1. The maximum atomic E-state index is 13.7. The predicted molar refractivity (Wildman–Crippen MR) is 102 cm³/mol. The number of hydrogen-bond donors (Lipinski definition) is 3. The number of aryl methyl sites for hydroxylation is 1. The Morgan fingerprint density at radius 1 is 1.22 bits per heavy atom. The van der Waals surface area contributed by atoms with E-state index in [1.807, 2.05) is 12.1 Å². The van der Waals surface area contributed by atoms with Crippen LogP contribution < -0.4 is 16.4 Å². The monoisotopic (exact) mass is 365 g/mol. The topological polar surface area (TPSA) is 92.9 Å². The van der Waals surface area contributed by atoms with Gasteiger partial charge in [-0.25, -0.2) is 14.4 Å². The average Bonchev–Trinajstić information content (AvgIpc) is 3.09. The lowest BCUT2D eigenvalue weighted by molar-refractivity contribution is 0.100. The highest BCUT2D eigenvalue weighted by Crippen LogP contribution is 2.29. The molecule has 6 nitrogen and oxygen atoms in total. The molecule has 0 aliphatic carbocycles. The van der Waals surface area contributed by atoms with Gasteiger partial charge in [-0.15, -0.1) is 0 Å². The lowest BCUT2D eigenvalue weighted by atomic mass is 9.94. The van der Waals surface area contributed by atoms with Gasteiger partial charge in [0.15, 0.2) is 0 Å². The molecule has 1 fully saturated rings. The fourth-order valence-corrected chi connectivity index (χ4v) is 3.67. The van der Waals surface area contributed by atoms with Crippen molar-refractivity contribution in [3.05, 3.63) is 65.2 Å². The fourth-order valence-electron chi connectivity index (χ4n) is 3.67. The number of aromatic nitrogens is 2. The number of carbonyl (C=O) groups is 1. The molecule has 2 atom stereocenters. The van der Waals surface area contributed by atoms with Crippen LogP contribution in [0.2, 0.25) is 0 Å². The van der Waals surface area contributed by atoms with E-state index >= 15 is 0 Å². The van der Waals surface area contributed by atoms with Gasteiger partial charge in [-0.3, -0.25) is 4.79 Å². The second-order valence-electron chi connectivity index (χ2n) is 6.76. The van der Waals surface area contributed by atoms with Gasteiger partial charge in [0.25, 0.3) is 5.91 Å². The highest BCUT2D eigenvalue weighted by Gasteiger charge is 2.29. The molecule has 1 amide bonds. The first-order chi connectivity index (χ1) is 13.0. The number of anilines is 1. The molecule has 3 aromatic rings. The van der Waals surface area contributed by atoms with E-state index in [9.17, 15) is 9.18 Å². The van der Waals surface area contributed by atoms with Crippen LogP contribution in [-0.2, 0) is 0 Å². The Morgan fingerprint density at radius 3 is 2.81 bits per heavy atom. The summed E-state index contributed by atoms with van der Waals surface area (Å²) >= 11 is 0. The summed E-state index contributed by atoms with van der Waals surface area (Å²) in [5.41, 5.74) is 7.33. The van der Waals surface area contributed by atoms with Crippen LogP contribution in [0.5, 0.6) is 0 Å². The Morgan fingerprint density at radius 2 is 2.04 bits per heavy atom. The highest BCUT2D eigenvalue weighted by molar-refractivity contribution is 6.07. The van der Waals surface area contributed by atoms with E-state index in [-0.39, 0.29) is 17.8 Å². The molecule has 1 aliphatic heterocycles. The summed E-state index contributed by atoms with van der Waals surface area (Å²) in [6, 6.07) is 12.0. The van der Waals surface area contributed by atoms with Crippen molar-refractivity contribution in [2.45, 2.75) is 18.9 Å². The van der Waals surface area contributed by atoms with Crippen molar-refractivity contribution in [3.8, 4) is 0 Å². The molecule has 7 heteroatoms. The van der Waals surface area contributed by atoms with Gasteiger partial charge in [0.05, 0.1) is 11.1 Å². The largest absolute Gasteiger partial charge is 0.366 e. The molecule has 1 saturated heterocycles. The number of nitrogens with zero attached hydrogens (tertiary/aromatic N) is 2. The van der Waals surface area contributed by atoms with Gasteiger partial charge in [0, 0.05) is 30.4 Å². The third-order valence-corrected chi connectivity index (χ3v) is 4.92. The third-order valence-electron chi connectivity index (χ3n) is 4.92. The van der Waals surface area contributed by atoms with E-state index in [1.54, 1.807) is 31.2 Å². The number of primary amides is 1. The molecule has 4 rings (SSSR count). The second-order valence-corrected chi connectivity index (χ2v) is 6.76. The van der Waals surface area contributed by atoms with E-state index in [0.29, 0.717) is 22.7 Å². The van der Waals surface area contributed by atoms with E-state index in [0.717, 1.165) is 24.0 Å². The SMILES string of the molecule is Cc1nc(N[C@H]2CNC[C@@H]2c2cccc(F)c2)c2cccc(C(N)=O)c2n1. The smallest absolute Gasteiger partial charge is 0.250 e. The summed E-state index contributed by atoms with van der Waals surface area (Å²) in [6.07, 6.45) is 0. The van der Waals surface area contributed by atoms with Crippen molar-refractivity contribution in [1.82, 2.24) is 15.3 Å². The van der Waals surface area contributed by atoms with E-state index in [2.05, 4.69) is 20.6 Å². The van der Waals surface area contributed by atoms with Crippen LogP contribution in [0, 0.1) is 12.7 Å². The summed E-state index contributed by atoms with van der Waals surface area (Å²) in [4.78, 5) is 20.7. The maximum Gasteiger partial charge on any atom is 0.250 e. The van der Waals surface area contributed by atoms with Crippen LogP contribution in [0.15, 0.2) is 42.5 Å². The van der Waals surface area contributed by atoms with Crippen LogP contribution >= 0.6 is 0 Å². The number of benzene rings is 2. The summed E-state index contributed by atoms with van der Waals surface area (Å²) in [5.74, 6) is 0.533. The first-order valence-electron chi connectivity index (χ1n) is 8.83. The zero-order valence-electron chi connectivity index (χ0n) is 14.9. The summed E-state index contributed by atoms with van der Waals surface area (Å²) in [5, 5.41) is 7.56. The molecular weight excluding hydrogens is 345 g/mol. The number of carbonyl (C=O) groups excluding carboxylic acids is 1. The van der Waals surface area contributed by atoms with Gasteiger partial charge in [-0.05, 0) is 36.8 Å². The normalized spacial score (nSPS) is 19.3. The fraction of sp³-hybridized carbons (Fsp3) is 0.250. The van der Waals surface area contributed by atoms with Crippen LogP contribution in [0.3, 0.4) is 0 Å². The average molecular weight is 365 g/mol. The second kappa shape index (κ2) is 6.92. The van der Waals surface area contributed by atoms with Crippen molar-refractivity contribution in [2.75, 3.05) is 18.4 Å². The van der Waals surface area contributed by atoms with E-state index in [1.165, 1.54) is 6.07 Å². The number of para-hydroxylation sites is 1. The minimum Gasteiger partial charge on any atom is -0.366 e. The van der Waals surface area contributed by atoms with E-state index in [4.69, 9.17) is 5.73 Å². The molecule has 0 radical (unpaired) electrons. The molecule has 4 N–H and O–H groups in total. The van der Waals surface area contributed by atoms with Crippen molar-refractivity contribution in [2.24, 2.45) is 5.73 Å². The number of hydrogen-bond acceptors (Lipinski definition) is 5. The molecule has 2 heterocycles. The Bertz CT molecular complexity index is 1020. The number of rotatable bonds is 4. The number of halogens is 1. The minimum atomic E-state index is -0.523. The summed E-state index contributed by atoms with van der Waals surface area (Å²) in [7, 11) is 0.